The SMILES string of the molecule is CCc1nc2ccc(C(=O)Nc3ccccc3C(=O)OC)cn2c1C. The molecule has 0 aliphatic carbocycles. The molecular weight excluding hydrogens is 318 g/mol. The quantitative estimate of drug-likeness (QED) is 0.742. The number of ether oxygens (including phenoxy) is 1. The topological polar surface area (TPSA) is 72.7 Å². The van der Waals surface area contributed by atoms with Crippen LogP contribution in [0.25, 0.3) is 5.65 Å². The van der Waals surface area contributed by atoms with E-state index in [1.165, 1.54) is 7.11 Å². The van der Waals surface area contributed by atoms with Crippen LogP contribution in [0.3, 0.4) is 0 Å². The Morgan fingerprint density at radius 2 is 1.96 bits per heavy atom. The molecule has 0 saturated heterocycles. The van der Waals surface area contributed by atoms with Crippen molar-refractivity contribution in [3.63, 3.8) is 0 Å². The maximum absolute atomic E-state index is 12.6. The molecule has 0 unspecified atom stereocenters. The molecule has 0 atom stereocenters. The summed E-state index contributed by atoms with van der Waals surface area (Å²) >= 11 is 0. The number of esters is 1. The van der Waals surface area contributed by atoms with Crippen molar-refractivity contribution in [2.24, 2.45) is 0 Å². The molecule has 1 aromatic carbocycles. The number of carbonyl (C=O) groups is 2. The van der Waals surface area contributed by atoms with Crippen LogP contribution in [-0.2, 0) is 11.2 Å². The number of amides is 1. The molecule has 3 rings (SSSR count). The third kappa shape index (κ3) is 3.10. The third-order valence-corrected chi connectivity index (χ3v) is 4.13. The number of nitrogens with zero attached hydrogens (tertiary/aromatic N) is 2. The summed E-state index contributed by atoms with van der Waals surface area (Å²) in [6.07, 6.45) is 2.59. The molecule has 1 N–H and O–H groups in total. The molecule has 128 valence electrons. The number of aromatic nitrogens is 2. The summed E-state index contributed by atoms with van der Waals surface area (Å²) in [6, 6.07) is 10.3. The summed E-state index contributed by atoms with van der Waals surface area (Å²) in [5.41, 5.74) is 4.04. The van der Waals surface area contributed by atoms with Crippen LogP contribution in [0.1, 0.15) is 39.0 Å². The molecule has 0 spiro atoms. The van der Waals surface area contributed by atoms with Crippen molar-refractivity contribution in [3.8, 4) is 0 Å². The number of benzene rings is 1. The summed E-state index contributed by atoms with van der Waals surface area (Å²) in [6.45, 7) is 4.03. The molecule has 6 heteroatoms. The van der Waals surface area contributed by atoms with Crippen LogP contribution in [0.15, 0.2) is 42.6 Å². The number of methoxy groups -OCH3 is 1. The van der Waals surface area contributed by atoms with E-state index in [0.717, 1.165) is 23.5 Å². The van der Waals surface area contributed by atoms with Crippen LogP contribution in [0.4, 0.5) is 5.69 Å². The average molecular weight is 337 g/mol. The Morgan fingerprint density at radius 1 is 1.20 bits per heavy atom. The van der Waals surface area contributed by atoms with Gasteiger partial charge in [0.05, 0.1) is 29.6 Å². The van der Waals surface area contributed by atoms with Gasteiger partial charge in [0.1, 0.15) is 5.65 Å². The van der Waals surface area contributed by atoms with Gasteiger partial charge in [-0.25, -0.2) is 9.78 Å². The first-order chi connectivity index (χ1) is 12.0. The zero-order chi connectivity index (χ0) is 18.0. The van der Waals surface area contributed by atoms with Gasteiger partial charge in [0.15, 0.2) is 0 Å². The molecule has 2 aromatic heterocycles. The lowest BCUT2D eigenvalue weighted by molar-refractivity contribution is 0.0602. The van der Waals surface area contributed by atoms with Crippen molar-refractivity contribution >= 4 is 23.2 Å². The Kier molecular flexibility index (Phi) is 4.52. The molecule has 0 radical (unpaired) electrons. The number of rotatable bonds is 4. The smallest absolute Gasteiger partial charge is 0.339 e. The van der Waals surface area contributed by atoms with Crippen molar-refractivity contribution in [3.05, 3.63) is 65.1 Å². The van der Waals surface area contributed by atoms with E-state index in [2.05, 4.69) is 10.3 Å². The summed E-state index contributed by atoms with van der Waals surface area (Å²) in [7, 11) is 1.31. The Hall–Kier alpha value is -3.15. The number of hydrogen-bond acceptors (Lipinski definition) is 4. The van der Waals surface area contributed by atoms with Gasteiger partial charge in [-0.15, -0.1) is 0 Å². The van der Waals surface area contributed by atoms with Crippen LogP contribution < -0.4 is 5.32 Å². The molecule has 0 bridgehead atoms. The van der Waals surface area contributed by atoms with E-state index in [0.29, 0.717) is 16.8 Å². The Morgan fingerprint density at radius 3 is 2.68 bits per heavy atom. The minimum Gasteiger partial charge on any atom is -0.465 e. The first-order valence-corrected chi connectivity index (χ1v) is 8.01. The van der Waals surface area contributed by atoms with E-state index < -0.39 is 5.97 Å². The lowest BCUT2D eigenvalue weighted by Crippen LogP contribution is -2.16. The predicted molar refractivity (Wildman–Crippen MR) is 95.0 cm³/mol. The van der Waals surface area contributed by atoms with Gasteiger partial charge in [0.25, 0.3) is 5.91 Å². The largest absolute Gasteiger partial charge is 0.465 e. The first-order valence-electron chi connectivity index (χ1n) is 8.01. The third-order valence-electron chi connectivity index (χ3n) is 4.13. The van der Waals surface area contributed by atoms with Crippen molar-refractivity contribution in [1.29, 1.82) is 0 Å². The molecule has 0 aliphatic rings. The number of nitrogens with one attached hydrogen (secondary N) is 1. The second-order valence-electron chi connectivity index (χ2n) is 5.63. The molecule has 2 heterocycles. The monoisotopic (exact) mass is 337 g/mol. The number of pyridine rings is 1. The molecule has 0 fully saturated rings. The lowest BCUT2D eigenvalue weighted by atomic mass is 10.1. The van der Waals surface area contributed by atoms with Crippen molar-refractivity contribution in [1.82, 2.24) is 9.38 Å². The highest BCUT2D eigenvalue weighted by molar-refractivity contribution is 6.08. The summed E-state index contributed by atoms with van der Waals surface area (Å²) in [4.78, 5) is 29.0. The molecule has 0 saturated carbocycles. The van der Waals surface area contributed by atoms with E-state index in [1.54, 1.807) is 36.5 Å². The van der Waals surface area contributed by atoms with Gasteiger partial charge in [-0.1, -0.05) is 19.1 Å². The Bertz CT molecular complexity index is 960. The van der Waals surface area contributed by atoms with Gasteiger partial charge in [-0.05, 0) is 37.6 Å². The standard InChI is InChI=1S/C19H19N3O3/c1-4-15-12(2)22-11-13(9-10-17(22)20-15)18(23)21-16-8-6-5-7-14(16)19(24)25-3/h5-11H,4H2,1-3H3,(H,21,23). The summed E-state index contributed by atoms with van der Waals surface area (Å²) in [5.74, 6) is -0.797. The lowest BCUT2D eigenvalue weighted by Gasteiger charge is -2.10. The van der Waals surface area contributed by atoms with E-state index in [1.807, 2.05) is 24.3 Å². The predicted octanol–water partition coefficient (Wildman–Crippen LogP) is 3.24. The summed E-state index contributed by atoms with van der Waals surface area (Å²) in [5, 5.41) is 2.77. The maximum Gasteiger partial charge on any atom is 0.339 e. The van der Waals surface area contributed by atoms with E-state index in [4.69, 9.17) is 4.74 Å². The van der Waals surface area contributed by atoms with Crippen LogP contribution >= 0.6 is 0 Å². The summed E-state index contributed by atoms with van der Waals surface area (Å²) < 4.78 is 6.65. The second-order valence-corrected chi connectivity index (χ2v) is 5.63. The number of anilines is 1. The highest BCUT2D eigenvalue weighted by Gasteiger charge is 2.15. The number of hydrogen-bond donors (Lipinski definition) is 1. The fourth-order valence-corrected chi connectivity index (χ4v) is 2.75. The molecule has 25 heavy (non-hydrogen) atoms. The van der Waals surface area contributed by atoms with Crippen molar-refractivity contribution in [2.75, 3.05) is 12.4 Å². The van der Waals surface area contributed by atoms with E-state index >= 15 is 0 Å². The number of fused-ring (bicyclic) bond motifs is 1. The minimum absolute atomic E-state index is 0.301. The zero-order valence-electron chi connectivity index (χ0n) is 14.4. The highest BCUT2D eigenvalue weighted by atomic mass is 16.5. The van der Waals surface area contributed by atoms with Crippen molar-refractivity contribution < 1.29 is 14.3 Å². The fraction of sp³-hybridized carbons (Fsp3) is 0.211. The van der Waals surface area contributed by atoms with Gasteiger partial charge in [-0.2, -0.15) is 0 Å². The van der Waals surface area contributed by atoms with Gasteiger partial charge >= 0.3 is 5.97 Å². The van der Waals surface area contributed by atoms with Crippen LogP contribution in [-0.4, -0.2) is 28.4 Å². The van der Waals surface area contributed by atoms with Gasteiger partial charge in [0.2, 0.25) is 0 Å². The average Bonchev–Trinajstić information content (AvgIpc) is 2.97. The molecule has 3 aromatic rings. The molecule has 6 nitrogen and oxygen atoms in total. The minimum atomic E-state index is -0.496. The molecular formula is C19H19N3O3. The van der Waals surface area contributed by atoms with Crippen molar-refractivity contribution in [2.45, 2.75) is 20.3 Å². The number of carbonyl (C=O) groups excluding carboxylic acids is 2. The normalized spacial score (nSPS) is 10.7. The fourth-order valence-electron chi connectivity index (χ4n) is 2.75. The number of imidazole rings is 1. The Balaban J connectivity index is 1.93. The van der Waals surface area contributed by atoms with Gasteiger partial charge < -0.3 is 14.5 Å². The second kappa shape index (κ2) is 6.76. The van der Waals surface area contributed by atoms with E-state index in [9.17, 15) is 9.59 Å². The van der Waals surface area contributed by atoms with E-state index in [-0.39, 0.29) is 5.91 Å². The zero-order valence-corrected chi connectivity index (χ0v) is 14.4. The number of aryl methyl sites for hydroxylation is 2. The molecule has 0 aliphatic heterocycles. The Labute approximate surface area is 145 Å². The van der Waals surface area contributed by atoms with Gasteiger partial charge in [0, 0.05) is 11.9 Å². The maximum atomic E-state index is 12.6. The van der Waals surface area contributed by atoms with Crippen LogP contribution in [0.5, 0.6) is 0 Å². The van der Waals surface area contributed by atoms with Crippen LogP contribution in [0.2, 0.25) is 0 Å². The first kappa shape index (κ1) is 16.7. The number of para-hydroxylation sites is 1. The highest BCUT2D eigenvalue weighted by Crippen LogP contribution is 2.18. The van der Waals surface area contributed by atoms with Gasteiger partial charge in [-0.3, -0.25) is 4.79 Å². The molecule has 1 amide bonds. The van der Waals surface area contributed by atoms with Crippen LogP contribution in [0, 0.1) is 6.92 Å².